The molecular formula is C12H21N3O2. The van der Waals surface area contributed by atoms with Crippen molar-refractivity contribution in [3.63, 3.8) is 0 Å². The average Bonchev–Trinajstić information content (AvgIpc) is 2.96. The van der Waals surface area contributed by atoms with Crippen LogP contribution >= 0.6 is 0 Å². The number of hydrogen-bond acceptors (Lipinski definition) is 5. The van der Waals surface area contributed by atoms with E-state index in [1.54, 1.807) is 0 Å². The molecule has 0 spiro atoms. The molecule has 0 saturated heterocycles. The maximum absolute atomic E-state index is 5.76. The fourth-order valence-electron chi connectivity index (χ4n) is 2.47. The highest BCUT2D eigenvalue weighted by Gasteiger charge is 2.31. The molecule has 5 nitrogen and oxygen atoms in total. The highest BCUT2D eigenvalue weighted by Crippen LogP contribution is 2.38. The predicted molar refractivity (Wildman–Crippen MR) is 63.6 cm³/mol. The van der Waals surface area contributed by atoms with Crippen molar-refractivity contribution in [2.45, 2.75) is 38.5 Å². The third-order valence-electron chi connectivity index (χ3n) is 3.44. The van der Waals surface area contributed by atoms with Crippen molar-refractivity contribution < 1.29 is 9.26 Å². The summed E-state index contributed by atoms with van der Waals surface area (Å²) in [5, 5.41) is 3.99. The Balaban J connectivity index is 1.93. The summed E-state index contributed by atoms with van der Waals surface area (Å²) in [5.74, 6) is 2.39. The van der Waals surface area contributed by atoms with Gasteiger partial charge in [0.05, 0.1) is 6.61 Å². The zero-order valence-corrected chi connectivity index (χ0v) is 10.4. The molecule has 0 aliphatic heterocycles. The van der Waals surface area contributed by atoms with Crippen LogP contribution in [0.5, 0.6) is 0 Å². The number of ether oxygens (including phenoxy) is 1. The first kappa shape index (κ1) is 12.5. The van der Waals surface area contributed by atoms with E-state index in [2.05, 4.69) is 10.1 Å². The van der Waals surface area contributed by atoms with Crippen LogP contribution in [0.25, 0.3) is 0 Å². The first-order valence-corrected chi connectivity index (χ1v) is 6.45. The van der Waals surface area contributed by atoms with E-state index < -0.39 is 0 Å². The Morgan fingerprint density at radius 3 is 3.12 bits per heavy atom. The largest absolute Gasteiger partial charge is 0.381 e. The molecule has 0 amide bonds. The van der Waals surface area contributed by atoms with Gasteiger partial charge in [0.1, 0.15) is 0 Å². The van der Waals surface area contributed by atoms with E-state index in [0.29, 0.717) is 25.0 Å². The molecule has 0 radical (unpaired) electrons. The van der Waals surface area contributed by atoms with Gasteiger partial charge in [-0.2, -0.15) is 4.98 Å². The second-order valence-electron chi connectivity index (χ2n) is 4.53. The highest BCUT2D eigenvalue weighted by molar-refractivity contribution is 5.00. The Hall–Kier alpha value is -0.940. The Morgan fingerprint density at radius 2 is 2.35 bits per heavy atom. The standard InChI is InChI=1S/C12H21N3O2/c1-2-16-7-6-11-14-12(17-15-11)10-5-3-4-9(10)8-13/h9-10H,2-8,13H2,1H3. The number of nitrogens with two attached hydrogens (primary N) is 1. The maximum Gasteiger partial charge on any atom is 0.230 e. The SMILES string of the molecule is CCOCCc1noc(C2CCCC2CN)n1. The van der Waals surface area contributed by atoms with E-state index in [0.717, 1.165) is 31.2 Å². The Bertz CT molecular complexity index is 340. The number of rotatable bonds is 6. The van der Waals surface area contributed by atoms with Gasteiger partial charge in [-0.25, -0.2) is 0 Å². The van der Waals surface area contributed by atoms with Crippen molar-refractivity contribution in [3.8, 4) is 0 Å². The lowest BCUT2D eigenvalue weighted by Gasteiger charge is -2.12. The lowest BCUT2D eigenvalue weighted by Crippen LogP contribution is -2.17. The summed E-state index contributed by atoms with van der Waals surface area (Å²) >= 11 is 0. The minimum absolute atomic E-state index is 0.369. The van der Waals surface area contributed by atoms with Crippen LogP contribution in [0.3, 0.4) is 0 Å². The Kier molecular flexibility index (Phi) is 4.50. The molecule has 1 aliphatic carbocycles. The van der Waals surface area contributed by atoms with Gasteiger partial charge in [0.25, 0.3) is 0 Å². The quantitative estimate of drug-likeness (QED) is 0.761. The molecule has 0 aromatic carbocycles. The highest BCUT2D eigenvalue weighted by atomic mass is 16.5. The topological polar surface area (TPSA) is 74.2 Å². The number of aromatic nitrogens is 2. The monoisotopic (exact) mass is 239 g/mol. The van der Waals surface area contributed by atoms with E-state index >= 15 is 0 Å². The van der Waals surface area contributed by atoms with Gasteiger partial charge < -0.3 is 15.0 Å². The molecule has 1 fully saturated rings. The van der Waals surface area contributed by atoms with Gasteiger partial charge in [-0.15, -0.1) is 0 Å². The average molecular weight is 239 g/mol. The maximum atomic E-state index is 5.76. The van der Waals surface area contributed by atoms with E-state index in [9.17, 15) is 0 Å². The van der Waals surface area contributed by atoms with Crippen LogP contribution in [0.1, 0.15) is 43.8 Å². The van der Waals surface area contributed by atoms with Crippen molar-refractivity contribution in [1.29, 1.82) is 0 Å². The molecule has 2 N–H and O–H groups in total. The van der Waals surface area contributed by atoms with Crippen LogP contribution in [0, 0.1) is 5.92 Å². The minimum Gasteiger partial charge on any atom is -0.381 e. The van der Waals surface area contributed by atoms with Crippen LogP contribution in [-0.4, -0.2) is 29.9 Å². The molecule has 2 atom stereocenters. The van der Waals surface area contributed by atoms with Crippen molar-refractivity contribution in [1.82, 2.24) is 10.1 Å². The zero-order valence-electron chi connectivity index (χ0n) is 10.4. The van der Waals surface area contributed by atoms with Crippen LogP contribution in [-0.2, 0) is 11.2 Å². The molecular weight excluding hydrogens is 218 g/mol. The van der Waals surface area contributed by atoms with Gasteiger partial charge >= 0.3 is 0 Å². The zero-order chi connectivity index (χ0) is 12.1. The second kappa shape index (κ2) is 6.12. The third kappa shape index (κ3) is 3.04. The van der Waals surface area contributed by atoms with Crippen molar-refractivity contribution >= 4 is 0 Å². The molecule has 1 saturated carbocycles. The molecule has 2 rings (SSSR count). The smallest absolute Gasteiger partial charge is 0.230 e. The summed E-state index contributed by atoms with van der Waals surface area (Å²) in [6.07, 6.45) is 4.23. The lowest BCUT2D eigenvalue weighted by atomic mass is 9.96. The minimum atomic E-state index is 0.369. The number of nitrogens with zero attached hydrogens (tertiary/aromatic N) is 2. The van der Waals surface area contributed by atoms with Crippen LogP contribution < -0.4 is 5.73 Å². The van der Waals surface area contributed by atoms with Crippen molar-refractivity contribution in [3.05, 3.63) is 11.7 Å². The summed E-state index contributed by atoms with van der Waals surface area (Å²) in [4.78, 5) is 4.45. The van der Waals surface area contributed by atoms with Gasteiger partial charge in [0.15, 0.2) is 5.82 Å². The normalized spacial score (nSPS) is 24.4. The molecule has 1 aliphatic rings. The van der Waals surface area contributed by atoms with E-state index in [4.69, 9.17) is 15.0 Å². The van der Waals surface area contributed by atoms with Gasteiger partial charge in [0, 0.05) is 18.9 Å². The third-order valence-corrected chi connectivity index (χ3v) is 3.44. The predicted octanol–water partition coefficient (Wildman–Crippen LogP) is 1.49. The van der Waals surface area contributed by atoms with E-state index in [1.165, 1.54) is 12.8 Å². The summed E-state index contributed by atoms with van der Waals surface area (Å²) in [7, 11) is 0. The Labute approximate surface area is 102 Å². The summed E-state index contributed by atoms with van der Waals surface area (Å²) in [6.45, 7) is 4.07. The first-order chi connectivity index (χ1) is 8.35. The molecule has 0 bridgehead atoms. The number of hydrogen-bond donors (Lipinski definition) is 1. The van der Waals surface area contributed by atoms with E-state index in [-0.39, 0.29) is 0 Å². The lowest BCUT2D eigenvalue weighted by molar-refractivity contribution is 0.149. The second-order valence-corrected chi connectivity index (χ2v) is 4.53. The summed E-state index contributed by atoms with van der Waals surface area (Å²) < 4.78 is 10.6. The van der Waals surface area contributed by atoms with Crippen molar-refractivity contribution in [2.75, 3.05) is 19.8 Å². The molecule has 1 aromatic rings. The molecule has 96 valence electrons. The van der Waals surface area contributed by atoms with Crippen LogP contribution in [0.15, 0.2) is 4.52 Å². The fourth-order valence-corrected chi connectivity index (χ4v) is 2.47. The fraction of sp³-hybridized carbons (Fsp3) is 0.833. The molecule has 5 heteroatoms. The van der Waals surface area contributed by atoms with Crippen LogP contribution in [0.4, 0.5) is 0 Å². The molecule has 1 aromatic heterocycles. The van der Waals surface area contributed by atoms with Crippen molar-refractivity contribution in [2.24, 2.45) is 11.7 Å². The van der Waals surface area contributed by atoms with Gasteiger partial charge in [0.2, 0.25) is 5.89 Å². The molecule has 1 heterocycles. The summed E-state index contributed by atoms with van der Waals surface area (Å²) in [6, 6.07) is 0. The van der Waals surface area contributed by atoms with Gasteiger partial charge in [-0.1, -0.05) is 11.6 Å². The van der Waals surface area contributed by atoms with E-state index in [1.807, 2.05) is 6.92 Å². The van der Waals surface area contributed by atoms with Crippen LogP contribution in [0.2, 0.25) is 0 Å². The molecule has 17 heavy (non-hydrogen) atoms. The summed E-state index contributed by atoms with van der Waals surface area (Å²) in [5.41, 5.74) is 5.76. The Morgan fingerprint density at radius 1 is 1.47 bits per heavy atom. The molecule has 2 unspecified atom stereocenters. The van der Waals surface area contributed by atoms with Gasteiger partial charge in [-0.05, 0) is 32.2 Å². The first-order valence-electron chi connectivity index (χ1n) is 6.45. The van der Waals surface area contributed by atoms with Gasteiger partial charge in [-0.3, -0.25) is 0 Å².